The van der Waals surface area contributed by atoms with Crippen LogP contribution in [0.15, 0.2) is 30.5 Å². The molecule has 1 aromatic heterocycles. The molecule has 1 aliphatic rings. The van der Waals surface area contributed by atoms with Crippen LogP contribution in [0.2, 0.25) is 0 Å². The van der Waals surface area contributed by atoms with Gasteiger partial charge in [-0.2, -0.15) is 0 Å². The first-order valence-corrected chi connectivity index (χ1v) is 8.13. The summed E-state index contributed by atoms with van der Waals surface area (Å²) in [5.41, 5.74) is 2.48. The maximum atomic E-state index is 12.3. The number of hydrogen-bond donors (Lipinski definition) is 1. The fourth-order valence-electron chi connectivity index (χ4n) is 3.27. The van der Waals surface area contributed by atoms with E-state index in [0.29, 0.717) is 12.5 Å². The maximum absolute atomic E-state index is 12.3. The number of rotatable bonds is 5. The van der Waals surface area contributed by atoms with Gasteiger partial charge in [0.1, 0.15) is 0 Å². The molecular formula is C18H24N2O2. The normalized spacial score (nSPS) is 16.3. The minimum absolute atomic E-state index is 0.286. The summed E-state index contributed by atoms with van der Waals surface area (Å²) in [7, 11) is 1.75. The van der Waals surface area contributed by atoms with Crippen molar-refractivity contribution in [2.75, 3.05) is 20.2 Å². The summed E-state index contributed by atoms with van der Waals surface area (Å²) in [4.78, 5) is 17.5. The Labute approximate surface area is 131 Å². The van der Waals surface area contributed by atoms with Crippen molar-refractivity contribution in [2.24, 2.45) is 0 Å². The Morgan fingerprint density at radius 2 is 2.09 bits per heavy atom. The SMILES string of the molecule is COC1CCN(C(=O)CCCc2c[nH]c3ccccc23)CC1. The number of carbonyl (C=O) groups is 1. The van der Waals surface area contributed by atoms with Crippen molar-refractivity contribution in [2.45, 2.75) is 38.2 Å². The minimum Gasteiger partial charge on any atom is -0.381 e. The molecular weight excluding hydrogens is 276 g/mol. The number of aromatic amines is 1. The summed E-state index contributed by atoms with van der Waals surface area (Å²) in [6, 6.07) is 8.32. The summed E-state index contributed by atoms with van der Waals surface area (Å²) < 4.78 is 5.35. The second kappa shape index (κ2) is 6.97. The smallest absolute Gasteiger partial charge is 0.222 e. The number of aryl methyl sites for hydroxylation is 1. The Balaban J connectivity index is 1.48. The first-order chi connectivity index (χ1) is 10.8. The molecule has 1 saturated heterocycles. The summed E-state index contributed by atoms with van der Waals surface area (Å²) in [5.74, 6) is 0.286. The third-order valence-electron chi connectivity index (χ3n) is 4.64. The van der Waals surface area contributed by atoms with E-state index in [4.69, 9.17) is 4.74 Å². The molecule has 1 aromatic carbocycles. The van der Waals surface area contributed by atoms with Crippen molar-refractivity contribution in [3.05, 3.63) is 36.0 Å². The van der Waals surface area contributed by atoms with Crippen LogP contribution in [0.4, 0.5) is 0 Å². The molecule has 0 radical (unpaired) electrons. The van der Waals surface area contributed by atoms with Gasteiger partial charge >= 0.3 is 0 Å². The molecule has 1 fully saturated rings. The number of hydrogen-bond acceptors (Lipinski definition) is 2. The van der Waals surface area contributed by atoms with Gasteiger partial charge in [0.05, 0.1) is 6.10 Å². The number of nitrogens with zero attached hydrogens (tertiary/aromatic N) is 1. The lowest BCUT2D eigenvalue weighted by molar-refractivity contribution is -0.133. The molecule has 4 heteroatoms. The van der Waals surface area contributed by atoms with Crippen LogP contribution in [0.1, 0.15) is 31.2 Å². The Morgan fingerprint density at radius 1 is 1.32 bits per heavy atom. The van der Waals surface area contributed by atoms with E-state index in [9.17, 15) is 4.79 Å². The van der Waals surface area contributed by atoms with Gasteiger partial charge in [0.15, 0.2) is 0 Å². The number of fused-ring (bicyclic) bond motifs is 1. The Hall–Kier alpha value is -1.81. The predicted molar refractivity (Wildman–Crippen MR) is 87.8 cm³/mol. The molecule has 3 rings (SSSR count). The number of ether oxygens (including phenoxy) is 1. The molecule has 4 nitrogen and oxygen atoms in total. The predicted octanol–water partition coefficient (Wildman–Crippen LogP) is 3.13. The van der Waals surface area contributed by atoms with Crippen molar-refractivity contribution in [1.29, 1.82) is 0 Å². The van der Waals surface area contributed by atoms with Gasteiger partial charge in [0.25, 0.3) is 0 Å². The largest absolute Gasteiger partial charge is 0.381 e. The lowest BCUT2D eigenvalue weighted by Crippen LogP contribution is -2.40. The summed E-state index contributed by atoms with van der Waals surface area (Å²) >= 11 is 0. The summed E-state index contributed by atoms with van der Waals surface area (Å²) in [6.07, 6.45) is 6.82. The molecule has 0 spiro atoms. The lowest BCUT2D eigenvalue weighted by atomic mass is 10.0. The Morgan fingerprint density at radius 3 is 2.86 bits per heavy atom. The first kappa shape index (κ1) is 15.1. The number of amides is 1. The number of carbonyl (C=O) groups excluding carboxylic acids is 1. The fraction of sp³-hybridized carbons (Fsp3) is 0.500. The van der Waals surface area contributed by atoms with Gasteiger partial charge in [0.2, 0.25) is 5.91 Å². The third kappa shape index (κ3) is 3.33. The van der Waals surface area contributed by atoms with Gasteiger partial charge in [-0.15, -0.1) is 0 Å². The molecule has 0 saturated carbocycles. The Bertz CT molecular complexity index is 627. The highest BCUT2D eigenvalue weighted by atomic mass is 16.5. The zero-order valence-corrected chi connectivity index (χ0v) is 13.2. The standard InChI is InChI=1S/C18H24N2O2/c1-22-15-9-11-20(12-10-15)18(21)8-4-5-14-13-19-17-7-3-2-6-16(14)17/h2-3,6-7,13,15,19H,4-5,8-12H2,1H3. The van der Waals surface area contributed by atoms with Gasteiger partial charge < -0.3 is 14.6 Å². The molecule has 118 valence electrons. The molecule has 0 unspecified atom stereocenters. The monoisotopic (exact) mass is 300 g/mol. The average molecular weight is 300 g/mol. The average Bonchev–Trinajstić information content (AvgIpc) is 2.98. The quantitative estimate of drug-likeness (QED) is 0.922. The third-order valence-corrected chi connectivity index (χ3v) is 4.64. The maximum Gasteiger partial charge on any atom is 0.222 e. The zero-order chi connectivity index (χ0) is 15.4. The summed E-state index contributed by atoms with van der Waals surface area (Å²) in [6.45, 7) is 1.68. The number of aromatic nitrogens is 1. The molecule has 1 amide bonds. The highest BCUT2D eigenvalue weighted by molar-refractivity contribution is 5.83. The van der Waals surface area contributed by atoms with Crippen LogP contribution in [0.5, 0.6) is 0 Å². The van der Waals surface area contributed by atoms with Crippen LogP contribution >= 0.6 is 0 Å². The molecule has 0 atom stereocenters. The van der Waals surface area contributed by atoms with E-state index in [1.54, 1.807) is 7.11 Å². The van der Waals surface area contributed by atoms with E-state index >= 15 is 0 Å². The Kier molecular flexibility index (Phi) is 4.78. The molecule has 1 N–H and O–H groups in total. The van der Waals surface area contributed by atoms with Crippen LogP contribution in [0, 0.1) is 0 Å². The molecule has 22 heavy (non-hydrogen) atoms. The van der Waals surface area contributed by atoms with Crippen LogP contribution in [0.3, 0.4) is 0 Å². The van der Waals surface area contributed by atoms with Crippen LogP contribution in [-0.4, -0.2) is 42.1 Å². The number of nitrogens with one attached hydrogen (secondary N) is 1. The van der Waals surface area contributed by atoms with E-state index in [0.717, 1.165) is 38.8 Å². The number of para-hydroxylation sites is 1. The van der Waals surface area contributed by atoms with Gasteiger partial charge in [-0.1, -0.05) is 18.2 Å². The van der Waals surface area contributed by atoms with Gasteiger partial charge in [-0.3, -0.25) is 4.79 Å². The molecule has 2 aromatic rings. The van der Waals surface area contributed by atoms with Crippen molar-refractivity contribution in [1.82, 2.24) is 9.88 Å². The topological polar surface area (TPSA) is 45.3 Å². The number of likely N-dealkylation sites (tertiary alicyclic amines) is 1. The van der Waals surface area contributed by atoms with E-state index in [1.807, 2.05) is 11.0 Å². The molecule has 1 aliphatic heterocycles. The zero-order valence-electron chi connectivity index (χ0n) is 13.2. The van der Waals surface area contributed by atoms with Crippen LogP contribution in [0.25, 0.3) is 10.9 Å². The van der Waals surface area contributed by atoms with Crippen LogP contribution < -0.4 is 0 Å². The lowest BCUT2D eigenvalue weighted by Gasteiger charge is -2.31. The van der Waals surface area contributed by atoms with Crippen LogP contribution in [-0.2, 0) is 16.0 Å². The second-order valence-electron chi connectivity index (χ2n) is 6.03. The number of methoxy groups -OCH3 is 1. The van der Waals surface area contributed by atoms with E-state index < -0.39 is 0 Å². The van der Waals surface area contributed by atoms with E-state index in [2.05, 4.69) is 29.4 Å². The van der Waals surface area contributed by atoms with Crippen molar-refractivity contribution >= 4 is 16.8 Å². The van der Waals surface area contributed by atoms with E-state index in [1.165, 1.54) is 16.5 Å². The molecule has 0 bridgehead atoms. The molecule has 2 heterocycles. The number of benzene rings is 1. The van der Waals surface area contributed by atoms with Crippen molar-refractivity contribution in [3.63, 3.8) is 0 Å². The number of piperidine rings is 1. The highest BCUT2D eigenvalue weighted by Crippen LogP contribution is 2.20. The van der Waals surface area contributed by atoms with Gasteiger partial charge in [0, 0.05) is 43.7 Å². The van der Waals surface area contributed by atoms with Crippen molar-refractivity contribution in [3.8, 4) is 0 Å². The van der Waals surface area contributed by atoms with E-state index in [-0.39, 0.29) is 5.91 Å². The van der Waals surface area contributed by atoms with Gasteiger partial charge in [-0.25, -0.2) is 0 Å². The minimum atomic E-state index is 0.286. The first-order valence-electron chi connectivity index (χ1n) is 8.13. The second-order valence-corrected chi connectivity index (χ2v) is 6.03. The van der Waals surface area contributed by atoms with Gasteiger partial charge in [-0.05, 0) is 37.3 Å². The van der Waals surface area contributed by atoms with Crippen molar-refractivity contribution < 1.29 is 9.53 Å². The fourth-order valence-corrected chi connectivity index (χ4v) is 3.27. The highest BCUT2D eigenvalue weighted by Gasteiger charge is 2.21. The summed E-state index contributed by atoms with van der Waals surface area (Å²) in [5, 5.41) is 1.27. The number of H-pyrrole nitrogens is 1. The molecule has 0 aliphatic carbocycles.